The molecule has 2 aromatic heterocycles. The first-order valence-electron chi connectivity index (χ1n) is 9.37. The van der Waals surface area contributed by atoms with E-state index in [1.807, 2.05) is 6.07 Å². The Morgan fingerprint density at radius 1 is 1.15 bits per heavy atom. The number of fused-ring (bicyclic) bond motifs is 1. The Balaban J connectivity index is 1.97. The molecule has 4 aromatic rings. The van der Waals surface area contributed by atoms with Gasteiger partial charge < -0.3 is 11.1 Å². The molecule has 0 spiro atoms. The van der Waals surface area contributed by atoms with E-state index in [1.54, 1.807) is 6.92 Å². The third-order valence-electron chi connectivity index (χ3n) is 4.71. The van der Waals surface area contributed by atoms with E-state index in [0.717, 1.165) is 22.8 Å². The Kier molecular flexibility index (Phi) is 5.61. The van der Waals surface area contributed by atoms with Crippen LogP contribution in [0.15, 0.2) is 41.2 Å². The van der Waals surface area contributed by atoms with Crippen LogP contribution in [0.2, 0.25) is 5.15 Å². The zero-order valence-electron chi connectivity index (χ0n) is 16.8. The summed E-state index contributed by atoms with van der Waals surface area (Å²) in [6, 6.07) is 7.28. The fourth-order valence-electron chi connectivity index (χ4n) is 3.34. The summed E-state index contributed by atoms with van der Waals surface area (Å²) in [5, 5.41) is 11.7. The molecule has 2 heterocycles. The SMILES string of the molecule is C[C@H](Nc1nc(N)nc(Cl)c1C#N)c1nc2cccc(F)c2c(=O)n1-c1cc(F)cc(F)c1. The van der Waals surface area contributed by atoms with Crippen molar-refractivity contribution in [1.82, 2.24) is 19.5 Å². The molecule has 1 atom stereocenters. The van der Waals surface area contributed by atoms with Crippen LogP contribution < -0.4 is 16.6 Å². The molecule has 8 nitrogen and oxygen atoms in total. The molecule has 0 aliphatic heterocycles. The van der Waals surface area contributed by atoms with Crippen LogP contribution in [0, 0.1) is 28.8 Å². The molecule has 0 amide bonds. The topological polar surface area (TPSA) is 123 Å². The number of nitrogens with zero attached hydrogens (tertiary/aromatic N) is 5. The average Bonchev–Trinajstić information content (AvgIpc) is 2.72. The predicted molar refractivity (Wildman–Crippen MR) is 115 cm³/mol. The minimum atomic E-state index is -0.945. The molecule has 3 N–H and O–H groups in total. The number of nitriles is 1. The van der Waals surface area contributed by atoms with Gasteiger partial charge in [-0.3, -0.25) is 9.36 Å². The first kappa shape index (κ1) is 22.0. The number of rotatable bonds is 4. The van der Waals surface area contributed by atoms with Crippen LogP contribution in [0.1, 0.15) is 24.4 Å². The van der Waals surface area contributed by atoms with Crippen molar-refractivity contribution in [1.29, 1.82) is 5.26 Å². The van der Waals surface area contributed by atoms with Gasteiger partial charge in [-0.2, -0.15) is 15.2 Å². The Morgan fingerprint density at radius 3 is 2.52 bits per heavy atom. The lowest BCUT2D eigenvalue weighted by molar-refractivity contribution is 0.579. The van der Waals surface area contributed by atoms with E-state index in [-0.39, 0.29) is 44.9 Å². The summed E-state index contributed by atoms with van der Waals surface area (Å²) < 4.78 is 43.3. The van der Waals surface area contributed by atoms with Gasteiger partial charge in [0.1, 0.15) is 40.3 Å². The molecule has 0 saturated carbocycles. The molecular weight excluding hydrogens is 459 g/mol. The second-order valence-electron chi connectivity index (χ2n) is 6.95. The van der Waals surface area contributed by atoms with Crippen LogP contribution in [-0.2, 0) is 0 Å². The quantitative estimate of drug-likeness (QED) is 0.433. The van der Waals surface area contributed by atoms with Gasteiger partial charge in [-0.25, -0.2) is 18.2 Å². The smallest absolute Gasteiger partial charge is 0.269 e. The maximum atomic E-state index is 14.5. The molecule has 33 heavy (non-hydrogen) atoms. The molecule has 2 aromatic carbocycles. The van der Waals surface area contributed by atoms with Crippen molar-refractivity contribution < 1.29 is 13.2 Å². The number of hydrogen-bond acceptors (Lipinski definition) is 7. The average molecular weight is 472 g/mol. The van der Waals surface area contributed by atoms with Crippen molar-refractivity contribution in [2.24, 2.45) is 0 Å². The standard InChI is InChI=1S/C21H13ClF3N7O/c1-9(28-18-13(8-26)17(22)30-21(27)31-18)19-29-15-4-2-3-14(25)16(15)20(33)32(19)12-6-10(23)5-11(24)7-12/h2-7,9H,1H3,(H3,27,28,30,31)/t9-/m0/s1. The molecule has 0 radical (unpaired) electrons. The summed E-state index contributed by atoms with van der Waals surface area (Å²) in [5.74, 6) is -3.04. The third kappa shape index (κ3) is 4.04. The summed E-state index contributed by atoms with van der Waals surface area (Å²) >= 11 is 5.96. The second kappa shape index (κ2) is 8.40. The molecule has 0 fully saturated rings. The van der Waals surface area contributed by atoms with E-state index in [4.69, 9.17) is 17.3 Å². The maximum Gasteiger partial charge on any atom is 0.269 e. The summed E-state index contributed by atoms with van der Waals surface area (Å²) in [7, 11) is 0. The van der Waals surface area contributed by atoms with Gasteiger partial charge in [-0.05, 0) is 31.2 Å². The van der Waals surface area contributed by atoms with E-state index in [0.29, 0.717) is 6.07 Å². The highest BCUT2D eigenvalue weighted by Gasteiger charge is 2.22. The van der Waals surface area contributed by atoms with E-state index >= 15 is 0 Å². The number of nitrogens with one attached hydrogen (secondary N) is 1. The number of anilines is 2. The second-order valence-corrected chi connectivity index (χ2v) is 7.30. The van der Waals surface area contributed by atoms with E-state index in [9.17, 15) is 23.2 Å². The molecule has 0 aliphatic carbocycles. The van der Waals surface area contributed by atoms with Crippen molar-refractivity contribution >= 4 is 34.3 Å². The number of halogens is 4. The number of benzene rings is 2. The maximum absolute atomic E-state index is 14.5. The molecule has 0 unspecified atom stereocenters. The van der Waals surface area contributed by atoms with Crippen molar-refractivity contribution in [3.05, 3.63) is 80.7 Å². The Bertz CT molecular complexity index is 1500. The summed E-state index contributed by atoms with van der Waals surface area (Å²) in [6.07, 6.45) is 0. The number of hydrogen-bond donors (Lipinski definition) is 2. The summed E-state index contributed by atoms with van der Waals surface area (Å²) in [6.45, 7) is 1.55. The highest BCUT2D eigenvalue weighted by atomic mass is 35.5. The minimum Gasteiger partial charge on any atom is -0.368 e. The van der Waals surface area contributed by atoms with Crippen molar-refractivity contribution in [3.8, 4) is 11.8 Å². The first-order valence-corrected chi connectivity index (χ1v) is 9.74. The Hall–Kier alpha value is -4.17. The first-order chi connectivity index (χ1) is 15.7. The zero-order valence-corrected chi connectivity index (χ0v) is 17.5. The fraction of sp³-hybridized carbons (Fsp3) is 0.0952. The Morgan fingerprint density at radius 2 is 1.85 bits per heavy atom. The number of nitrogen functional groups attached to an aromatic ring is 1. The lowest BCUT2D eigenvalue weighted by Gasteiger charge is -2.21. The molecule has 0 saturated heterocycles. The van der Waals surface area contributed by atoms with Gasteiger partial charge in [0.15, 0.2) is 11.0 Å². The summed E-state index contributed by atoms with van der Waals surface area (Å²) in [4.78, 5) is 25.3. The van der Waals surface area contributed by atoms with Crippen LogP contribution in [0.25, 0.3) is 16.6 Å². The zero-order chi connectivity index (χ0) is 23.9. The molecule has 12 heteroatoms. The number of nitrogens with two attached hydrogens (primary N) is 1. The highest BCUT2D eigenvalue weighted by molar-refractivity contribution is 6.31. The van der Waals surface area contributed by atoms with Crippen LogP contribution in [0.4, 0.5) is 24.9 Å². The van der Waals surface area contributed by atoms with E-state index in [1.165, 1.54) is 12.1 Å². The molecule has 4 rings (SSSR count). The van der Waals surface area contributed by atoms with Crippen molar-refractivity contribution in [2.45, 2.75) is 13.0 Å². The van der Waals surface area contributed by atoms with Gasteiger partial charge in [0.2, 0.25) is 5.95 Å². The summed E-state index contributed by atoms with van der Waals surface area (Å²) in [5.41, 5.74) is 4.43. The lowest BCUT2D eigenvalue weighted by atomic mass is 10.2. The highest BCUT2D eigenvalue weighted by Crippen LogP contribution is 2.27. The van der Waals surface area contributed by atoms with E-state index in [2.05, 4.69) is 20.3 Å². The van der Waals surface area contributed by atoms with Crippen LogP contribution >= 0.6 is 11.6 Å². The Labute approximate surface area is 189 Å². The molecular formula is C21H13ClF3N7O. The van der Waals surface area contributed by atoms with Crippen LogP contribution in [-0.4, -0.2) is 19.5 Å². The van der Waals surface area contributed by atoms with Crippen LogP contribution in [0.5, 0.6) is 0 Å². The third-order valence-corrected chi connectivity index (χ3v) is 4.99. The van der Waals surface area contributed by atoms with E-state index < -0.39 is 29.1 Å². The largest absolute Gasteiger partial charge is 0.368 e. The normalized spacial score (nSPS) is 11.9. The number of aromatic nitrogens is 4. The predicted octanol–water partition coefficient (Wildman–Crippen LogP) is 3.87. The van der Waals surface area contributed by atoms with Gasteiger partial charge in [0.05, 0.1) is 17.2 Å². The minimum absolute atomic E-state index is 0.0255. The van der Waals surface area contributed by atoms with Crippen LogP contribution in [0.3, 0.4) is 0 Å². The molecule has 166 valence electrons. The van der Waals surface area contributed by atoms with Crippen molar-refractivity contribution in [3.63, 3.8) is 0 Å². The van der Waals surface area contributed by atoms with Crippen molar-refractivity contribution in [2.75, 3.05) is 11.1 Å². The van der Waals surface area contributed by atoms with Gasteiger partial charge in [0.25, 0.3) is 5.56 Å². The monoisotopic (exact) mass is 471 g/mol. The molecule has 0 aliphatic rings. The fourth-order valence-corrected chi connectivity index (χ4v) is 3.56. The van der Waals surface area contributed by atoms with Gasteiger partial charge in [0, 0.05) is 6.07 Å². The van der Waals surface area contributed by atoms with Gasteiger partial charge >= 0.3 is 0 Å². The van der Waals surface area contributed by atoms with Gasteiger partial charge in [-0.15, -0.1) is 0 Å². The lowest BCUT2D eigenvalue weighted by Crippen LogP contribution is -2.28. The molecule has 0 bridgehead atoms. The van der Waals surface area contributed by atoms with Gasteiger partial charge in [-0.1, -0.05) is 17.7 Å².